The van der Waals surface area contributed by atoms with Gasteiger partial charge in [0.1, 0.15) is 0 Å². The Labute approximate surface area is 120 Å². The van der Waals surface area contributed by atoms with Crippen LogP contribution in [0.25, 0.3) is 0 Å². The molecule has 0 radical (unpaired) electrons. The van der Waals surface area contributed by atoms with E-state index in [4.69, 9.17) is 11.3 Å². The van der Waals surface area contributed by atoms with E-state index in [1.165, 1.54) is 0 Å². The summed E-state index contributed by atoms with van der Waals surface area (Å²) >= 11 is -3.33. The minimum absolute atomic E-state index is 0.607. The molecule has 19 heavy (non-hydrogen) atoms. The molecule has 0 saturated heterocycles. The van der Waals surface area contributed by atoms with Gasteiger partial charge in [0.15, 0.2) is 0 Å². The molecule has 4 nitrogen and oxygen atoms in total. The molecule has 0 aliphatic rings. The summed E-state index contributed by atoms with van der Waals surface area (Å²) in [6.07, 6.45) is 0. The van der Waals surface area contributed by atoms with Crippen molar-refractivity contribution in [2.45, 2.75) is 20.8 Å². The average Bonchev–Trinajstić information content (AvgIpc) is 2.39. The molecule has 0 aromatic heterocycles. The number of anilines is 1. The summed E-state index contributed by atoms with van der Waals surface area (Å²) in [5, 5.41) is 0. The molecule has 0 amide bonds. The van der Waals surface area contributed by atoms with E-state index in [1.807, 2.05) is 34.9 Å². The summed E-state index contributed by atoms with van der Waals surface area (Å²) in [5.74, 6) is 0. The molecule has 0 aliphatic heterocycles. The van der Waals surface area contributed by atoms with Gasteiger partial charge in [0, 0.05) is 0 Å². The van der Waals surface area contributed by atoms with Crippen molar-refractivity contribution in [3.8, 4) is 0 Å². The van der Waals surface area contributed by atoms with Gasteiger partial charge in [-0.1, -0.05) is 0 Å². The van der Waals surface area contributed by atoms with Crippen molar-refractivity contribution >= 4 is 24.4 Å². The van der Waals surface area contributed by atoms with Crippen LogP contribution in [0.2, 0.25) is 0 Å². The van der Waals surface area contributed by atoms with E-state index in [0.29, 0.717) is 19.8 Å². The van der Waals surface area contributed by atoms with Gasteiger partial charge in [-0.15, -0.1) is 0 Å². The number of hydrogen-bond acceptors (Lipinski definition) is 4. The maximum atomic E-state index is 5.93. The average molecular weight is 328 g/mol. The van der Waals surface area contributed by atoms with Crippen molar-refractivity contribution in [1.82, 2.24) is 0 Å². The van der Waals surface area contributed by atoms with Crippen LogP contribution in [0.4, 0.5) is 5.69 Å². The minimum atomic E-state index is -3.33. The molecule has 0 saturated carbocycles. The monoisotopic (exact) mass is 329 g/mol. The summed E-state index contributed by atoms with van der Waals surface area (Å²) in [7, 11) is 4.05. The van der Waals surface area contributed by atoms with Gasteiger partial charge >= 0.3 is 120 Å². The van der Waals surface area contributed by atoms with Crippen LogP contribution in [0.5, 0.6) is 0 Å². The van der Waals surface area contributed by atoms with Crippen LogP contribution in [-0.2, 0) is 11.3 Å². The van der Waals surface area contributed by atoms with Crippen LogP contribution >= 0.6 is 0 Å². The van der Waals surface area contributed by atoms with Gasteiger partial charge in [-0.25, -0.2) is 0 Å². The van der Waals surface area contributed by atoms with Crippen molar-refractivity contribution in [3.63, 3.8) is 0 Å². The van der Waals surface area contributed by atoms with Gasteiger partial charge in [0.25, 0.3) is 0 Å². The standard InChI is InChI=1S/C14H25GeNO3/c1-6-17-15(18-7-2,19-8-3)13-9-11-14(12-10-13)16(4)5/h9-12H,6-8H2,1-5H3. The van der Waals surface area contributed by atoms with Crippen LogP contribution in [0.1, 0.15) is 20.8 Å². The fourth-order valence-corrected chi connectivity index (χ4v) is 7.08. The number of nitrogens with zero attached hydrogens (tertiary/aromatic N) is 1. The summed E-state index contributed by atoms with van der Waals surface area (Å²) in [6, 6.07) is 8.28. The molecule has 0 heterocycles. The van der Waals surface area contributed by atoms with Gasteiger partial charge in [-0.2, -0.15) is 0 Å². The molecule has 0 atom stereocenters. The first-order chi connectivity index (χ1) is 9.09. The zero-order valence-electron chi connectivity index (χ0n) is 12.6. The van der Waals surface area contributed by atoms with E-state index in [2.05, 4.69) is 29.2 Å². The molecule has 1 aromatic rings. The second-order valence-corrected chi connectivity index (χ2v) is 9.66. The normalized spacial score (nSPS) is 11.6. The van der Waals surface area contributed by atoms with Crippen LogP contribution in [0.3, 0.4) is 0 Å². The Morgan fingerprint density at radius 1 is 0.842 bits per heavy atom. The fraction of sp³-hybridized carbons (Fsp3) is 0.571. The van der Waals surface area contributed by atoms with E-state index in [0.717, 1.165) is 10.1 Å². The van der Waals surface area contributed by atoms with Crippen molar-refractivity contribution in [2.24, 2.45) is 0 Å². The Kier molecular flexibility index (Phi) is 6.85. The second-order valence-electron chi connectivity index (χ2n) is 4.30. The zero-order valence-corrected chi connectivity index (χ0v) is 14.7. The summed E-state index contributed by atoms with van der Waals surface area (Å²) < 4.78 is 18.8. The van der Waals surface area contributed by atoms with Gasteiger partial charge in [-0.3, -0.25) is 0 Å². The van der Waals surface area contributed by atoms with Crippen molar-refractivity contribution in [2.75, 3.05) is 38.8 Å². The molecule has 0 unspecified atom stereocenters. The van der Waals surface area contributed by atoms with Gasteiger partial charge in [0.05, 0.1) is 0 Å². The SMILES string of the molecule is CC[O][Ge]([O]CC)([O]CC)[c]1ccc(N(C)C)cc1. The Morgan fingerprint density at radius 3 is 1.58 bits per heavy atom. The Hall–Kier alpha value is -0.557. The summed E-state index contributed by atoms with van der Waals surface area (Å²) in [5.41, 5.74) is 1.16. The third kappa shape index (κ3) is 4.21. The molecule has 0 bridgehead atoms. The first-order valence-electron chi connectivity index (χ1n) is 6.79. The molecule has 0 fully saturated rings. The van der Waals surface area contributed by atoms with E-state index in [-0.39, 0.29) is 0 Å². The first-order valence-corrected chi connectivity index (χ1v) is 10.4. The van der Waals surface area contributed by atoms with Crippen molar-refractivity contribution < 1.29 is 11.3 Å². The Balaban J connectivity index is 3.07. The Morgan fingerprint density at radius 2 is 1.26 bits per heavy atom. The quantitative estimate of drug-likeness (QED) is 0.683. The van der Waals surface area contributed by atoms with Gasteiger partial charge in [0.2, 0.25) is 0 Å². The predicted octanol–water partition coefficient (Wildman–Crippen LogP) is 2.01. The van der Waals surface area contributed by atoms with Gasteiger partial charge < -0.3 is 0 Å². The Bertz CT molecular complexity index is 350. The molecule has 0 aliphatic carbocycles. The third-order valence-corrected chi connectivity index (χ3v) is 9.13. The molecule has 1 aromatic carbocycles. The summed E-state index contributed by atoms with van der Waals surface area (Å²) in [6.45, 7) is 7.75. The second kappa shape index (κ2) is 7.89. The van der Waals surface area contributed by atoms with Crippen LogP contribution in [0, 0.1) is 0 Å². The van der Waals surface area contributed by atoms with E-state index < -0.39 is 14.3 Å². The van der Waals surface area contributed by atoms with Crippen LogP contribution < -0.4 is 9.30 Å². The van der Waals surface area contributed by atoms with Crippen LogP contribution in [-0.4, -0.2) is 48.2 Å². The fourth-order valence-electron chi connectivity index (χ4n) is 1.91. The molecular formula is C14H25GeNO3. The van der Waals surface area contributed by atoms with E-state index >= 15 is 0 Å². The van der Waals surface area contributed by atoms with Crippen LogP contribution in [0.15, 0.2) is 24.3 Å². The van der Waals surface area contributed by atoms with E-state index in [9.17, 15) is 0 Å². The van der Waals surface area contributed by atoms with Gasteiger partial charge in [-0.05, 0) is 0 Å². The molecule has 0 N–H and O–H groups in total. The molecular weight excluding hydrogens is 303 g/mol. The third-order valence-electron chi connectivity index (χ3n) is 2.74. The zero-order chi connectivity index (χ0) is 14.3. The molecule has 108 valence electrons. The number of rotatable bonds is 8. The number of benzene rings is 1. The van der Waals surface area contributed by atoms with Crippen molar-refractivity contribution in [1.29, 1.82) is 0 Å². The molecule has 0 spiro atoms. The topological polar surface area (TPSA) is 30.9 Å². The molecule has 1 rings (SSSR count). The number of hydrogen-bond donors (Lipinski definition) is 0. The van der Waals surface area contributed by atoms with Crippen molar-refractivity contribution in [3.05, 3.63) is 24.3 Å². The molecule has 5 heteroatoms. The predicted molar refractivity (Wildman–Crippen MR) is 81.0 cm³/mol. The van der Waals surface area contributed by atoms with E-state index in [1.54, 1.807) is 0 Å². The summed E-state index contributed by atoms with van der Waals surface area (Å²) in [4.78, 5) is 2.07. The maximum absolute atomic E-state index is 5.93. The first kappa shape index (κ1) is 16.5.